The molecule has 0 radical (unpaired) electrons. The molecule has 1 atom stereocenters. The van der Waals surface area contributed by atoms with Crippen molar-refractivity contribution in [2.45, 2.75) is 24.0 Å². The van der Waals surface area contributed by atoms with Gasteiger partial charge in [0.05, 0.1) is 12.0 Å². The van der Waals surface area contributed by atoms with Crippen LogP contribution in [0.4, 0.5) is 13.6 Å². The summed E-state index contributed by atoms with van der Waals surface area (Å²) in [6.45, 7) is 1.60. The summed E-state index contributed by atoms with van der Waals surface area (Å²) in [6, 6.07) is 11.2. The fourth-order valence-corrected chi connectivity index (χ4v) is 2.94. The van der Waals surface area contributed by atoms with Crippen LogP contribution in [0.5, 0.6) is 0 Å². The molecule has 1 aromatic heterocycles. The largest absolute Gasteiger partial charge is 0.459 e. The van der Waals surface area contributed by atoms with E-state index in [4.69, 9.17) is 4.42 Å². The van der Waals surface area contributed by atoms with Gasteiger partial charge in [0.2, 0.25) is 0 Å². The van der Waals surface area contributed by atoms with E-state index in [0.717, 1.165) is 5.01 Å². The minimum absolute atomic E-state index is 0.0146. The molecule has 0 aliphatic carbocycles. The Bertz CT molecular complexity index is 841. The topological polar surface area (TPSA) is 74.9 Å². The Balaban J connectivity index is 1.73. The highest BCUT2D eigenvalue weighted by atomic mass is 32.2. The SMILES string of the molecule is C[C@]1(c2ccccc2)NC(=O)N(/N=C\c2ccc(CSC(F)F)o2)C1=O. The Kier molecular flexibility index (Phi) is 5.08. The maximum absolute atomic E-state index is 12.7. The zero-order valence-electron chi connectivity index (χ0n) is 13.7. The van der Waals surface area contributed by atoms with Gasteiger partial charge in [-0.15, -0.1) is 5.01 Å². The van der Waals surface area contributed by atoms with Crippen LogP contribution in [-0.2, 0) is 16.1 Å². The predicted molar refractivity (Wildman–Crippen MR) is 92.8 cm³/mol. The van der Waals surface area contributed by atoms with Crippen LogP contribution in [0.3, 0.4) is 0 Å². The molecule has 1 aliphatic rings. The van der Waals surface area contributed by atoms with Gasteiger partial charge in [0.25, 0.3) is 11.7 Å². The first-order chi connectivity index (χ1) is 12.4. The van der Waals surface area contributed by atoms with E-state index in [1.54, 1.807) is 31.2 Å². The van der Waals surface area contributed by atoms with Crippen LogP contribution in [0.1, 0.15) is 24.0 Å². The van der Waals surface area contributed by atoms with E-state index in [1.165, 1.54) is 18.3 Å². The molecule has 1 aromatic carbocycles. The fourth-order valence-electron chi connectivity index (χ4n) is 2.50. The van der Waals surface area contributed by atoms with Crippen molar-refractivity contribution in [3.05, 3.63) is 59.5 Å². The zero-order chi connectivity index (χ0) is 18.7. The van der Waals surface area contributed by atoms with Crippen LogP contribution in [-0.4, -0.2) is 28.9 Å². The van der Waals surface area contributed by atoms with Crippen molar-refractivity contribution in [1.29, 1.82) is 0 Å². The van der Waals surface area contributed by atoms with Crippen LogP contribution >= 0.6 is 11.8 Å². The number of halogens is 2. The maximum Gasteiger partial charge on any atom is 0.346 e. The summed E-state index contributed by atoms with van der Waals surface area (Å²) in [5, 5.41) is 7.24. The molecule has 2 heterocycles. The summed E-state index contributed by atoms with van der Waals surface area (Å²) in [6.07, 6.45) is 1.20. The third kappa shape index (κ3) is 3.62. The Morgan fingerprint density at radius 2 is 2.00 bits per heavy atom. The number of carbonyl (C=O) groups excluding carboxylic acids is 2. The standard InChI is InChI=1S/C17H15F2N3O3S/c1-17(11-5-3-2-4-6-11)14(23)22(16(24)21-17)20-9-12-7-8-13(25-12)10-26-15(18)19/h2-9,15H,10H2,1H3,(H,21,24)/b20-9-/t17-/m1/s1. The molecule has 0 unspecified atom stereocenters. The first kappa shape index (κ1) is 18.1. The second-order valence-corrected chi connectivity index (χ2v) is 6.64. The van der Waals surface area contributed by atoms with Crippen LogP contribution < -0.4 is 5.32 Å². The summed E-state index contributed by atoms with van der Waals surface area (Å²) in [5.74, 6) is -2.39. The zero-order valence-corrected chi connectivity index (χ0v) is 14.5. The average Bonchev–Trinajstić information content (AvgIpc) is 3.16. The third-order valence-corrected chi connectivity index (χ3v) is 4.56. The molecule has 26 heavy (non-hydrogen) atoms. The van der Waals surface area contributed by atoms with Gasteiger partial charge in [0.15, 0.2) is 0 Å². The van der Waals surface area contributed by atoms with Gasteiger partial charge in [-0.3, -0.25) is 4.79 Å². The maximum atomic E-state index is 12.7. The third-order valence-electron chi connectivity index (χ3n) is 3.86. The quantitative estimate of drug-likeness (QED) is 0.615. The van der Waals surface area contributed by atoms with Gasteiger partial charge in [-0.05, 0) is 24.6 Å². The fraction of sp³-hybridized carbons (Fsp3) is 0.235. The number of amides is 3. The first-order valence-electron chi connectivity index (χ1n) is 7.65. The molecule has 136 valence electrons. The van der Waals surface area contributed by atoms with Gasteiger partial charge in [-0.25, -0.2) is 4.79 Å². The highest BCUT2D eigenvalue weighted by Crippen LogP contribution is 2.28. The highest BCUT2D eigenvalue weighted by molar-refractivity contribution is 7.98. The number of hydrogen-bond acceptors (Lipinski definition) is 5. The number of nitrogens with zero attached hydrogens (tertiary/aromatic N) is 2. The number of rotatable bonds is 6. The van der Waals surface area contributed by atoms with Gasteiger partial charge in [0, 0.05) is 0 Å². The molecule has 0 bridgehead atoms. The monoisotopic (exact) mass is 379 g/mol. The second-order valence-electron chi connectivity index (χ2n) is 5.66. The molecule has 2 aromatic rings. The van der Waals surface area contributed by atoms with Crippen molar-refractivity contribution < 1.29 is 22.8 Å². The van der Waals surface area contributed by atoms with Gasteiger partial charge < -0.3 is 9.73 Å². The second kappa shape index (κ2) is 7.28. The molecule has 1 fully saturated rings. The average molecular weight is 379 g/mol. The molecule has 0 saturated carbocycles. The number of imide groups is 1. The number of thioether (sulfide) groups is 1. The number of hydrogen-bond donors (Lipinski definition) is 1. The minimum atomic E-state index is -2.49. The number of carbonyl (C=O) groups is 2. The number of urea groups is 1. The van der Waals surface area contributed by atoms with Crippen LogP contribution in [0.2, 0.25) is 0 Å². The van der Waals surface area contributed by atoms with E-state index in [-0.39, 0.29) is 11.5 Å². The Morgan fingerprint density at radius 3 is 2.69 bits per heavy atom. The Hall–Kier alpha value is -2.68. The molecule has 1 N–H and O–H groups in total. The number of furan rings is 1. The Morgan fingerprint density at radius 1 is 1.27 bits per heavy atom. The van der Waals surface area contributed by atoms with E-state index < -0.39 is 23.2 Å². The van der Waals surface area contributed by atoms with Crippen molar-refractivity contribution >= 4 is 29.9 Å². The molecule has 3 amide bonds. The normalized spacial score (nSPS) is 20.4. The number of alkyl halides is 2. The minimum Gasteiger partial charge on any atom is -0.459 e. The predicted octanol–water partition coefficient (Wildman–Crippen LogP) is 3.54. The molecular weight excluding hydrogens is 364 g/mol. The van der Waals surface area contributed by atoms with Crippen LogP contribution in [0.15, 0.2) is 52.0 Å². The van der Waals surface area contributed by atoms with E-state index >= 15 is 0 Å². The van der Waals surface area contributed by atoms with Crippen LogP contribution in [0, 0.1) is 0 Å². The van der Waals surface area contributed by atoms with Gasteiger partial charge >= 0.3 is 6.03 Å². The van der Waals surface area contributed by atoms with E-state index in [1.807, 2.05) is 6.07 Å². The smallest absolute Gasteiger partial charge is 0.346 e. The summed E-state index contributed by atoms with van der Waals surface area (Å²) >= 11 is 0.439. The molecule has 3 rings (SSSR count). The van der Waals surface area contributed by atoms with Crippen molar-refractivity contribution in [2.75, 3.05) is 0 Å². The molecule has 1 saturated heterocycles. The molecule has 0 spiro atoms. The number of benzene rings is 1. The lowest BCUT2D eigenvalue weighted by Gasteiger charge is -2.20. The van der Waals surface area contributed by atoms with E-state index in [9.17, 15) is 18.4 Å². The lowest BCUT2D eigenvalue weighted by Crippen LogP contribution is -2.40. The van der Waals surface area contributed by atoms with Crippen molar-refractivity contribution in [2.24, 2.45) is 5.10 Å². The highest BCUT2D eigenvalue weighted by Gasteiger charge is 2.49. The summed E-state index contributed by atoms with van der Waals surface area (Å²) in [4.78, 5) is 24.8. The van der Waals surface area contributed by atoms with Crippen LogP contribution in [0.25, 0.3) is 0 Å². The van der Waals surface area contributed by atoms with E-state index in [0.29, 0.717) is 23.1 Å². The summed E-state index contributed by atoms with van der Waals surface area (Å²) in [5.41, 5.74) is -0.571. The molecule has 9 heteroatoms. The summed E-state index contributed by atoms with van der Waals surface area (Å²) in [7, 11) is 0. The lowest BCUT2D eigenvalue weighted by atomic mass is 9.92. The Labute approximate surface area is 152 Å². The number of nitrogens with one attached hydrogen (secondary N) is 1. The van der Waals surface area contributed by atoms with Crippen molar-refractivity contribution in [1.82, 2.24) is 10.3 Å². The molecule has 1 aliphatic heterocycles. The first-order valence-corrected chi connectivity index (χ1v) is 8.70. The molecule has 6 nitrogen and oxygen atoms in total. The van der Waals surface area contributed by atoms with Gasteiger partial charge in [-0.2, -0.15) is 13.9 Å². The van der Waals surface area contributed by atoms with Gasteiger partial charge in [0.1, 0.15) is 17.1 Å². The van der Waals surface area contributed by atoms with Gasteiger partial charge in [-0.1, -0.05) is 42.1 Å². The summed E-state index contributed by atoms with van der Waals surface area (Å²) < 4.78 is 29.7. The molecular formula is C17H15F2N3O3S. The number of hydrazone groups is 1. The van der Waals surface area contributed by atoms with Crippen molar-refractivity contribution in [3.63, 3.8) is 0 Å². The lowest BCUT2D eigenvalue weighted by molar-refractivity contribution is -0.131. The van der Waals surface area contributed by atoms with E-state index in [2.05, 4.69) is 10.4 Å². The van der Waals surface area contributed by atoms with Crippen molar-refractivity contribution in [3.8, 4) is 0 Å².